The molecule has 5 nitrogen and oxygen atoms in total. The molecule has 1 saturated heterocycles. The van der Waals surface area contributed by atoms with Crippen LogP contribution in [-0.4, -0.2) is 34.3 Å². The number of hydrogen-bond donors (Lipinski definition) is 1. The van der Waals surface area contributed by atoms with Crippen molar-refractivity contribution in [3.05, 3.63) is 95.6 Å². The van der Waals surface area contributed by atoms with E-state index < -0.39 is 0 Å². The molecular weight excluding hydrogens is 408 g/mol. The van der Waals surface area contributed by atoms with Gasteiger partial charge in [-0.05, 0) is 52.9 Å². The van der Waals surface area contributed by atoms with E-state index in [2.05, 4.69) is 17.4 Å². The largest absolute Gasteiger partial charge is 0.337 e. The molecule has 3 amide bonds. The van der Waals surface area contributed by atoms with Gasteiger partial charge in [-0.25, -0.2) is 0 Å². The smallest absolute Gasteiger partial charge is 0.286 e. The molecule has 0 aromatic heterocycles. The van der Waals surface area contributed by atoms with Crippen LogP contribution < -0.4 is 5.32 Å². The van der Waals surface area contributed by atoms with Gasteiger partial charge >= 0.3 is 0 Å². The van der Waals surface area contributed by atoms with E-state index in [4.69, 9.17) is 0 Å². The van der Waals surface area contributed by atoms with Crippen molar-refractivity contribution in [2.45, 2.75) is 18.2 Å². The molecule has 31 heavy (non-hydrogen) atoms. The van der Waals surface area contributed by atoms with Crippen LogP contribution in [0, 0.1) is 6.07 Å². The Hall–Kier alpha value is -3.38. The van der Waals surface area contributed by atoms with E-state index in [0.29, 0.717) is 18.5 Å². The third-order valence-corrected chi connectivity index (χ3v) is 6.12. The van der Waals surface area contributed by atoms with Gasteiger partial charge in [-0.2, -0.15) is 0 Å². The molecular formula is C25H21N2O3S. The highest BCUT2D eigenvalue weighted by Gasteiger charge is 2.31. The van der Waals surface area contributed by atoms with E-state index in [-0.39, 0.29) is 22.3 Å². The summed E-state index contributed by atoms with van der Waals surface area (Å²) in [4.78, 5) is 37.4. The number of amides is 3. The second-order valence-electron chi connectivity index (χ2n) is 7.43. The third kappa shape index (κ3) is 5.03. The minimum Gasteiger partial charge on any atom is -0.337 e. The maximum atomic E-state index is 12.6. The highest BCUT2D eigenvalue weighted by molar-refractivity contribution is 8.15. The zero-order valence-corrected chi connectivity index (χ0v) is 17.8. The van der Waals surface area contributed by atoms with Gasteiger partial charge in [0, 0.05) is 19.2 Å². The molecule has 1 aliphatic rings. The van der Waals surface area contributed by atoms with E-state index in [1.165, 1.54) is 0 Å². The number of carbonyl (C=O) groups excluding carboxylic acids is 3. The van der Waals surface area contributed by atoms with Crippen molar-refractivity contribution in [1.29, 1.82) is 0 Å². The normalized spacial score (nSPS) is 15.6. The van der Waals surface area contributed by atoms with Crippen molar-refractivity contribution in [2.75, 3.05) is 7.05 Å². The molecule has 3 aromatic rings. The lowest BCUT2D eigenvalue weighted by atomic mass is 10.00. The Labute approximate surface area is 185 Å². The van der Waals surface area contributed by atoms with Gasteiger partial charge in [0.1, 0.15) is 0 Å². The van der Waals surface area contributed by atoms with Gasteiger partial charge in [0.15, 0.2) is 0 Å². The maximum Gasteiger partial charge on any atom is 0.286 e. The lowest BCUT2D eigenvalue weighted by molar-refractivity contribution is -0.118. The molecule has 0 aliphatic carbocycles. The molecule has 1 aliphatic heterocycles. The predicted octanol–water partition coefficient (Wildman–Crippen LogP) is 4.32. The van der Waals surface area contributed by atoms with Crippen molar-refractivity contribution < 1.29 is 14.4 Å². The Bertz CT molecular complexity index is 1110. The fourth-order valence-corrected chi connectivity index (χ4v) is 4.38. The van der Waals surface area contributed by atoms with Crippen LogP contribution in [0.2, 0.25) is 0 Å². The van der Waals surface area contributed by atoms with Crippen LogP contribution in [0.5, 0.6) is 0 Å². The number of nitrogens with one attached hydrogen (secondary N) is 1. The van der Waals surface area contributed by atoms with Crippen molar-refractivity contribution >= 4 is 28.8 Å². The molecule has 0 bridgehead atoms. The maximum absolute atomic E-state index is 12.6. The lowest BCUT2D eigenvalue weighted by Gasteiger charge is -2.18. The summed E-state index contributed by atoms with van der Waals surface area (Å²) in [5, 5.41) is 1.68. The Kier molecular flexibility index (Phi) is 6.18. The van der Waals surface area contributed by atoms with E-state index in [1.807, 2.05) is 42.5 Å². The molecule has 6 heteroatoms. The first kappa shape index (κ1) is 20.9. The molecule has 155 valence electrons. The van der Waals surface area contributed by atoms with Crippen LogP contribution in [0.25, 0.3) is 11.1 Å². The molecule has 4 rings (SSSR count). The zero-order valence-electron chi connectivity index (χ0n) is 17.0. The molecule has 0 saturated carbocycles. The van der Waals surface area contributed by atoms with Crippen LogP contribution in [0.4, 0.5) is 4.79 Å². The average Bonchev–Trinajstić information content (AvgIpc) is 3.11. The number of carbonyl (C=O) groups is 3. The van der Waals surface area contributed by atoms with E-state index in [9.17, 15) is 14.4 Å². The number of benzene rings is 3. The summed E-state index contributed by atoms with van der Waals surface area (Å²) in [7, 11) is 1.79. The summed E-state index contributed by atoms with van der Waals surface area (Å²) in [6.45, 7) is 0.505. The second kappa shape index (κ2) is 9.18. The molecule has 1 fully saturated rings. The van der Waals surface area contributed by atoms with Crippen LogP contribution in [-0.2, 0) is 17.8 Å². The van der Waals surface area contributed by atoms with Crippen molar-refractivity contribution in [3.8, 4) is 11.1 Å². The predicted molar refractivity (Wildman–Crippen MR) is 122 cm³/mol. The SMILES string of the molecule is CN(Cc1cccc(-c2ccc(CC3SC(=O)NC3=O)cc2)c1)C(=O)c1cc[c]cc1. The van der Waals surface area contributed by atoms with E-state index >= 15 is 0 Å². The first-order chi connectivity index (χ1) is 15.0. The fourth-order valence-electron chi connectivity index (χ4n) is 3.52. The van der Waals surface area contributed by atoms with Crippen LogP contribution in [0.15, 0.2) is 72.8 Å². The Morgan fingerprint density at radius 2 is 1.74 bits per heavy atom. The summed E-state index contributed by atoms with van der Waals surface area (Å²) in [6, 6.07) is 26.0. The molecule has 1 heterocycles. The van der Waals surface area contributed by atoms with Crippen LogP contribution in [0.1, 0.15) is 21.5 Å². The summed E-state index contributed by atoms with van der Waals surface area (Å²) in [5.41, 5.74) is 4.80. The fraction of sp³-hybridized carbons (Fsp3) is 0.160. The molecule has 3 aromatic carbocycles. The van der Waals surface area contributed by atoms with Gasteiger partial charge in [0.25, 0.3) is 11.1 Å². The second-order valence-corrected chi connectivity index (χ2v) is 8.61. The first-order valence-corrected chi connectivity index (χ1v) is 10.8. The number of thioether (sulfide) groups is 1. The number of hydrogen-bond acceptors (Lipinski definition) is 4. The van der Waals surface area contributed by atoms with Crippen LogP contribution >= 0.6 is 11.8 Å². The van der Waals surface area contributed by atoms with E-state index in [0.717, 1.165) is 34.0 Å². The van der Waals surface area contributed by atoms with Gasteiger partial charge in [-0.1, -0.05) is 66.4 Å². The van der Waals surface area contributed by atoms with Gasteiger partial charge in [0.05, 0.1) is 5.25 Å². The quantitative estimate of drug-likeness (QED) is 0.634. The van der Waals surface area contributed by atoms with Crippen molar-refractivity contribution in [2.24, 2.45) is 0 Å². The molecule has 1 N–H and O–H groups in total. The Balaban J connectivity index is 1.43. The van der Waals surface area contributed by atoms with Gasteiger partial charge < -0.3 is 4.90 Å². The summed E-state index contributed by atoms with van der Waals surface area (Å²) in [5.74, 6) is -0.255. The average molecular weight is 430 g/mol. The van der Waals surface area contributed by atoms with Crippen molar-refractivity contribution in [3.63, 3.8) is 0 Å². The number of nitrogens with zero attached hydrogens (tertiary/aromatic N) is 1. The summed E-state index contributed by atoms with van der Waals surface area (Å²) in [6.07, 6.45) is 0.521. The Morgan fingerprint density at radius 3 is 2.42 bits per heavy atom. The summed E-state index contributed by atoms with van der Waals surface area (Å²) < 4.78 is 0. The first-order valence-electron chi connectivity index (χ1n) is 9.91. The molecule has 1 atom stereocenters. The van der Waals surface area contributed by atoms with Crippen LogP contribution in [0.3, 0.4) is 0 Å². The minimum atomic E-state index is -0.364. The lowest BCUT2D eigenvalue weighted by Crippen LogP contribution is -2.26. The van der Waals surface area contributed by atoms with Crippen molar-refractivity contribution in [1.82, 2.24) is 10.2 Å². The topological polar surface area (TPSA) is 66.5 Å². The molecule has 1 unspecified atom stereocenters. The number of imide groups is 1. The zero-order chi connectivity index (χ0) is 21.8. The highest BCUT2D eigenvalue weighted by Crippen LogP contribution is 2.26. The van der Waals surface area contributed by atoms with Gasteiger partial charge in [0.2, 0.25) is 5.91 Å². The molecule has 1 radical (unpaired) electrons. The standard InChI is InChI=1S/C25H21N2O3S/c1-27(24(29)20-7-3-2-4-8-20)16-18-6-5-9-21(14-18)19-12-10-17(11-13-19)15-22-23(28)26-25(30)31-22/h3-14,22H,15-16H2,1H3,(H,26,28,30). The minimum absolute atomic E-state index is 0.0314. The van der Waals surface area contributed by atoms with E-state index in [1.54, 1.807) is 36.2 Å². The van der Waals surface area contributed by atoms with Gasteiger partial charge in [-0.3, -0.25) is 19.7 Å². The summed E-state index contributed by atoms with van der Waals surface area (Å²) >= 11 is 1.04. The Morgan fingerprint density at radius 1 is 1.00 bits per heavy atom. The number of rotatable bonds is 6. The third-order valence-electron chi connectivity index (χ3n) is 5.13. The monoisotopic (exact) mass is 429 g/mol. The highest BCUT2D eigenvalue weighted by atomic mass is 32.2. The van der Waals surface area contributed by atoms with Gasteiger partial charge in [-0.15, -0.1) is 0 Å². The molecule has 0 spiro atoms.